The topological polar surface area (TPSA) is 41.6 Å². The van der Waals surface area contributed by atoms with Crippen molar-refractivity contribution in [3.8, 4) is 0 Å². The Balaban J connectivity index is 1.92. The average Bonchev–Trinajstić information content (AvgIpc) is 2.50. The number of benzene rings is 1. The number of nitrogens with zero attached hydrogens (tertiary/aromatic N) is 1. The Hall–Kier alpha value is -1.60. The lowest BCUT2D eigenvalue weighted by Crippen LogP contribution is -2.55. The molecule has 1 fully saturated rings. The molecule has 1 saturated heterocycles. The number of carbonyl (C=O) groups is 1. The van der Waals surface area contributed by atoms with E-state index in [2.05, 4.69) is 5.32 Å². The minimum absolute atomic E-state index is 0.0744. The monoisotopic (exact) mass is 344 g/mol. The molecule has 134 valence electrons. The molecule has 4 nitrogen and oxygen atoms in total. The van der Waals surface area contributed by atoms with E-state index in [-0.39, 0.29) is 38.4 Å². The molecule has 0 aliphatic carbocycles. The van der Waals surface area contributed by atoms with Crippen LogP contribution in [0.5, 0.6) is 0 Å². The van der Waals surface area contributed by atoms with Crippen LogP contribution in [0, 0.1) is 13.8 Å². The molecule has 1 heterocycles. The summed E-state index contributed by atoms with van der Waals surface area (Å²) in [7, 11) is 1.09. The summed E-state index contributed by atoms with van der Waals surface area (Å²) in [6.45, 7) is 4.25. The molecule has 1 aromatic rings. The van der Waals surface area contributed by atoms with Crippen molar-refractivity contribution in [1.82, 2.24) is 4.90 Å². The molecular weight excluding hydrogens is 321 g/mol. The number of methoxy groups -OCH3 is 1. The second-order valence-corrected chi connectivity index (χ2v) is 6.34. The number of alkyl halides is 3. The van der Waals surface area contributed by atoms with Gasteiger partial charge < -0.3 is 10.1 Å². The summed E-state index contributed by atoms with van der Waals surface area (Å²) < 4.78 is 44.2. The normalized spacial score (nSPS) is 18.4. The van der Waals surface area contributed by atoms with Gasteiger partial charge in [-0.3, -0.25) is 9.69 Å². The van der Waals surface area contributed by atoms with Gasteiger partial charge >= 0.3 is 6.18 Å². The van der Waals surface area contributed by atoms with Crippen molar-refractivity contribution in [2.75, 3.05) is 32.1 Å². The van der Waals surface area contributed by atoms with Crippen LogP contribution < -0.4 is 5.32 Å². The van der Waals surface area contributed by atoms with E-state index in [4.69, 9.17) is 4.74 Å². The molecule has 1 aliphatic rings. The second kappa shape index (κ2) is 7.11. The number of hydrogen-bond acceptors (Lipinski definition) is 3. The predicted molar refractivity (Wildman–Crippen MR) is 86.0 cm³/mol. The number of nitrogens with one attached hydrogen (secondary N) is 1. The zero-order chi connectivity index (χ0) is 18.0. The van der Waals surface area contributed by atoms with Crippen LogP contribution in [0.1, 0.15) is 24.0 Å². The van der Waals surface area contributed by atoms with Gasteiger partial charge in [0.1, 0.15) is 0 Å². The Morgan fingerprint density at radius 1 is 1.29 bits per heavy atom. The van der Waals surface area contributed by atoms with Gasteiger partial charge in [0.05, 0.1) is 6.54 Å². The molecule has 0 spiro atoms. The number of piperidine rings is 1. The summed E-state index contributed by atoms with van der Waals surface area (Å²) in [5, 5.41) is 2.83. The van der Waals surface area contributed by atoms with E-state index in [1.807, 2.05) is 32.0 Å². The minimum atomic E-state index is -4.39. The van der Waals surface area contributed by atoms with Crippen molar-refractivity contribution in [1.29, 1.82) is 0 Å². The third-order valence-corrected chi connectivity index (χ3v) is 4.61. The third-order valence-electron chi connectivity index (χ3n) is 4.61. The molecular formula is C17H23F3N2O2. The van der Waals surface area contributed by atoms with E-state index >= 15 is 0 Å². The number of aryl methyl sites for hydroxylation is 2. The molecule has 7 heteroatoms. The van der Waals surface area contributed by atoms with Crippen molar-refractivity contribution in [2.24, 2.45) is 0 Å². The summed E-state index contributed by atoms with van der Waals surface area (Å²) in [5.74, 6) is -0.222. The van der Waals surface area contributed by atoms with Crippen LogP contribution in [0.3, 0.4) is 0 Å². The van der Waals surface area contributed by atoms with E-state index in [9.17, 15) is 18.0 Å². The van der Waals surface area contributed by atoms with E-state index < -0.39 is 11.8 Å². The first-order valence-corrected chi connectivity index (χ1v) is 7.88. The van der Waals surface area contributed by atoms with Crippen molar-refractivity contribution in [2.45, 2.75) is 38.5 Å². The van der Waals surface area contributed by atoms with E-state index in [0.717, 1.165) is 23.9 Å². The Labute approximate surface area is 140 Å². The Morgan fingerprint density at radius 3 is 2.46 bits per heavy atom. The smallest absolute Gasteiger partial charge is 0.369 e. The fourth-order valence-electron chi connectivity index (χ4n) is 2.94. The summed E-state index contributed by atoms with van der Waals surface area (Å²) in [5.41, 5.74) is 0.623. The van der Waals surface area contributed by atoms with E-state index in [1.165, 1.54) is 0 Å². The number of carbonyl (C=O) groups excluding carboxylic acids is 1. The van der Waals surface area contributed by atoms with E-state index in [0.29, 0.717) is 0 Å². The Morgan fingerprint density at radius 2 is 1.92 bits per heavy atom. The lowest BCUT2D eigenvalue weighted by Gasteiger charge is -2.41. The molecule has 0 aromatic heterocycles. The molecule has 1 aliphatic heterocycles. The summed E-state index contributed by atoms with van der Waals surface area (Å²) >= 11 is 0. The molecule has 0 saturated carbocycles. The van der Waals surface area contributed by atoms with Crippen molar-refractivity contribution in [3.05, 3.63) is 29.3 Å². The number of rotatable bonds is 4. The molecule has 1 N–H and O–H groups in total. The van der Waals surface area contributed by atoms with Crippen LogP contribution in [-0.2, 0) is 9.53 Å². The van der Waals surface area contributed by atoms with Gasteiger partial charge in [0.25, 0.3) is 0 Å². The van der Waals surface area contributed by atoms with Gasteiger partial charge in [0.2, 0.25) is 5.91 Å². The zero-order valence-electron chi connectivity index (χ0n) is 14.2. The van der Waals surface area contributed by atoms with Gasteiger partial charge in [-0.25, -0.2) is 0 Å². The van der Waals surface area contributed by atoms with Gasteiger partial charge in [-0.2, -0.15) is 13.2 Å². The number of amides is 1. The largest absolute Gasteiger partial charge is 0.417 e. The molecule has 1 amide bonds. The number of anilines is 1. The van der Waals surface area contributed by atoms with Crippen LogP contribution in [-0.4, -0.2) is 49.3 Å². The first kappa shape index (κ1) is 18.7. The Bertz CT molecular complexity index is 594. The molecule has 0 radical (unpaired) electrons. The van der Waals surface area contributed by atoms with Crippen LogP contribution in [0.25, 0.3) is 0 Å². The maximum Gasteiger partial charge on any atom is 0.417 e. The van der Waals surface area contributed by atoms with Gasteiger partial charge in [0.15, 0.2) is 5.60 Å². The standard InChI is InChI=1S/C17H23F3N2O2/c1-12-4-5-13(2)14(10-12)21-15(23)11-22-8-6-16(24-3,7-9-22)17(18,19)20/h4-5,10H,6-9,11H2,1-3H3,(H,21,23). The highest BCUT2D eigenvalue weighted by Crippen LogP contribution is 2.41. The van der Waals surface area contributed by atoms with Crippen LogP contribution in [0.15, 0.2) is 18.2 Å². The number of ether oxygens (including phenoxy) is 1. The Kier molecular flexibility index (Phi) is 5.55. The summed E-state index contributed by atoms with van der Waals surface area (Å²) in [4.78, 5) is 13.9. The summed E-state index contributed by atoms with van der Waals surface area (Å²) in [6.07, 6.45) is -4.72. The fraction of sp³-hybridized carbons (Fsp3) is 0.588. The minimum Gasteiger partial charge on any atom is -0.369 e. The highest BCUT2D eigenvalue weighted by Gasteiger charge is 2.56. The van der Waals surface area contributed by atoms with Crippen molar-refractivity contribution >= 4 is 11.6 Å². The first-order valence-electron chi connectivity index (χ1n) is 7.88. The average molecular weight is 344 g/mol. The SMILES string of the molecule is COC1(C(F)(F)F)CCN(CC(=O)Nc2cc(C)ccc2C)CC1. The lowest BCUT2D eigenvalue weighted by atomic mass is 9.90. The van der Waals surface area contributed by atoms with Crippen LogP contribution >= 0.6 is 0 Å². The van der Waals surface area contributed by atoms with Crippen molar-refractivity contribution in [3.63, 3.8) is 0 Å². The fourth-order valence-corrected chi connectivity index (χ4v) is 2.94. The lowest BCUT2D eigenvalue weighted by molar-refractivity contribution is -0.282. The number of halogens is 3. The predicted octanol–water partition coefficient (Wildman–Crippen LogP) is 3.29. The maximum absolute atomic E-state index is 13.1. The van der Waals surface area contributed by atoms with Gasteiger partial charge in [-0.1, -0.05) is 12.1 Å². The highest BCUT2D eigenvalue weighted by molar-refractivity contribution is 5.93. The molecule has 1 aromatic carbocycles. The van der Waals surface area contributed by atoms with Crippen LogP contribution in [0.2, 0.25) is 0 Å². The van der Waals surface area contributed by atoms with Gasteiger partial charge in [-0.15, -0.1) is 0 Å². The molecule has 2 rings (SSSR count). The maximum atomic E-state index is 13.1. The first-order chi connectivity index (χ1) is 11.2. The molecule has 24 heavy (non-hydrogen) atoms. The van der Waals surface area contributed by atoms with Crippen molar-refractivity contribution < 1.29 is 22.7 Å². The quantitative estimate of drug-likeness (QED) is 0.911. The van der Waals surface area contributed by atoms with E-state index in [1.54, 1.807) is 4.90 Å². The third kappa shape index (κ3) is 4.08. The molecule has 0 atom stereocenters. The highest BCUT2D eigenvalue weighted by atomic mass is 19.4. The van der Waals surface area contributed by atoms with Gasteiger partial charge in [0, 0.05) is 25.9 Å². The zero-order valence-corrected chi connectivity index (χ0v) is 14.2. The van der Waals surface area contributed by atoms with Gasteiger partial charge in [-0.05, 0) is 43.9 Å². The number of hydrogen-bond donors (Lipinski definition) is 1. The molecule has 0 bridgehead atoms. The summed E-state index contributed by atoms with van der Waals surface area (Å²) in [6, 6.07) is 5.75. The second-order valence-electron chi connectivity index (χ2n) is 6.34. The molecule has 0 unspecified atom stereocenters. The van der Waals surface area contributed by atoms with Crippen LogP contribution in [0.4, 0.5) is 18.9 Å². The number of likely N-dealkylation sites (tertiary alicyclic amines) is 1.